The first-order valence-electron chi connectivity index (χ1n) is 7.93. The summed E-state index contributed by atoms with van der Waals surface area (Å²) in [7, 11) is 2.12. The summed E-state index contributed by atoms with van der Waals surface area (Å²) in [5.41, 5.74) is 0. The molecule has 1 heterocycles. The lowest BCUT2D eigenvalue weighted by Crippen LogP contribution is -2.57. The maximum absolute atomic E-state index is 6.00. The van der Waals surface area contributed by atoms with Gasteiger partial charge < -0.3 is 10.1 Å². The molecule has 0 aromatic heterocycles. The summed E-state index contributed by atoms with van der Waals surface area (Å²) in [5.74, 6) is 0. The Balaban J connectivity index is 1.65. The molecule has 0 radical (unpaired) electrons. The van der Waals surface area contributed by atoms with Gasteiger partial charge in [-0.25, -0.2) is 0 Å². The number of hydrogen-bond donors (Lipinski definition) is 1. The van der Waals surface area contributed by atoms with Crippen LogP contribution in [0.1, 0.15) is 51.4 Å². The van der Waals surface area contributed by atoms with Gasteiger partial charge in [-0.05, 0) is 39.2 Å². The van der Waals surface area contributed by atoms with Gasteiger partial charge in [0.25, 0.3) is 0 Å². The Kier molecular flexibility index (Phi) is 4.22. The Morgan fingerprint density at radius 1 is 1.06 bits per heavy atom. The van der Waals surface area contributed by atoms with Gasteiger partial charge in [-0.15, -0.1) is 0 Å². The molecule has 3 nitrogen and oxygen atoms in total. The third-order valence-electron chi connectivity index (χ3n) is 5.30. The van der Waals surface area contributed by atoms with Crippen molar-refractivity contribution in [3.8, 4) is 0 Å². The van der Waals surface area contributed by atoms with E-state index in [0.717, 1.165) is 24.7 Å². The van der Waals surface area contributed by atoms with Crippen LogP contribution in [0, 0.1) is 0 Å². The molecule has 0 aromatic rings. The van der Waals surface area contributed by atoms with Gasteiger partial charge >= 0.3 is 0 Å². The molecule has 104 valence electrons. The Bertz CT molecular complexity index is 269. The predicted octanol–water partition coefficient (Wildman–Crippen LogP) is 2.16. The van der Waals surface area contributed by atoms with Crippen LogP contribution >= 0.6 is 0 Å². The Morgan fingerprint density at radius 2 is 1.94 bits per heavy atom. The molecule has 3 fully saturated rings. The summed E-state index contributed by atoms with van der Waals surface area (Å²) >= 11 is 0. The van der Waals surface area contributed by atoms with Crippen molar-refractivity contribution >= 4 is 0 Å². The van der Waals surface area contributed by atoms with Crippen molar-refractivity contribution in [3.63, 3.8) is 0 Å². The van der Waals surface area contributed by atoms with Gasteiger partial charge in [0.15, 0.2) is 0 Å². The molecule has 18 heavy (non-hydrogen) atoms. The maximum atomic E-state index is 6.00. The van der Waals surface area contributed by atoms with Crippen LogP contribution in [0.3, 0.4) is 0 Å². The third kappa shape index (κ3) is 2.59. The molecule has 0 aromatic carbocycles. The molecule has 4 unspecified atom stereocenters. The Hall–Kier alpha value is -0.120. The van der Waals surface area contributed by atoms with Crippen LogP contribution in [-0.4, -0.2) is 49.3 Å². The molecule has 1 N–H and O–H groups in total. The van der Waals surface area contributed by atoms with Crippen molar-refractivity contribution in [2.45, 2.75) is 75.6 Å². The molecular formula is C15H28N2O. The minimum absolute atomic E-state index is 0.544. The van der Waals surface area contributed by atoms with Crippen LogP contribution in [0.2, 0.25) is 0 Å². The zero-order valence-electron chi connectivity index (χ0n) is 11.7. The summed E-state index contributed by atoms with van der Waals surface area (Å²) in [6.07, 6.45) is 11.5. The number of rotatable bonds is 2. The smallest absolute Gasteiger partial charge is 0.0731 e. The van der Waals surface area contributed by atoms with Gasteiger partial charge in [-0.3, -0.25) is 4.90 Å². The largest absolute Gasteiger partial charge is 0.375 e. The molecule has 0 bridgehead atoms. The second-order valence-corrected chi connectivity index (χ2v) is 6.30. The predicted molar refractivity (Wildman–Crippen MR) is 73.8 cm³/mol. The quantitative estimate of drug-likeness (QED) is 0.815. The fourth-order valence-corrected chi connectivity index (χ4v) is 4.31. The number of nitrogens with one attached hydrogen (secondary N) is 1. The summed E-state index contributed by atoms with van der Waals surface area (Å²) in [5, 5.41) is 3.49. The van der Waals surface area contributed by atoms with E-state index in [2.05, 4.69) is 17.3 Å². The van der Waals surface area contributed by atoms with E-state index in [0.29, 0.717) is 6.10 Å². The van der Waals surface area contributed by atoms with E-state index in [1.165, 1.54) is 57.9 Å². The van der Waals surface area contributed by atoms with Crippen LogP contribution in [-0.2, 0) is 4.74 Å². The monoisotopic (exact) mass is 252 g/mol. The van der Waals surface area contributed by atoms with E-state index in [4.69, 9.17) is 4.74 Å². The second-order valence-electron chi connectivity index (χ2n) is 6.30. The molecule has 3 rings (SSSR count). The number of nitrogens with zero attached hydrogens (tertiary/aromatic N) is 1. The van der Waals surface area contributed by atoms with Gasteiger partial charge in [0.1, 0.15) is 0 Å². The molecule has 3 aliphatic rings. The van der Waals surface area contributed by atoms with E-state index in [-0.39, 0.29) is 0 Å². The van der Waals surface area contributed by atoms with Crippen LogP contribution in [0.5, 0.6) is 0 Å². The Morgan fingerprint density at radius 3 is 2.83 bits per heavy atom. The van der Waals surface area contributed by atoms with Crippen LogP contribution < -0.4 is 5.32 Å². The van der Waals surface area contributed by atoms with Gasteiger partial charge in [-0.2, -0.15) is 0 Å². The number of hydrogen-bond acceptors (Lipinski definition) is 3. The molecule has 1 saturated heterocycles. The normalized spacial score (nSPS) is 42.5. The van der Waals surface area contributed by atoms with E-state index >= 15 is 0 Å². The van der Waals surface area contributed by atoms with Crippen LogP contribution in [0.25, 0.3) is 0 Å². The molecular weight excluding hydrogens is 224 g/mol. The number of fused-ring (bicyclic) bond motifs is 1. The van der Waals surface area contributed by atoms with Gasteiger partial charge in [0.05, 0.1) is 12.7 Å². The van der Waals surface area contributed by atoms with Crippen LogP contribution in [0.15, 0.2) is 0 Å². The number of ether oxygens (including phenoxy) is 1. The Labute approximate surface area is 111 Å². The van der Waals surface area contributed by atoms with Crippen molar-refractivity contribution in [2.24, 2.45) is 0 Å². The molecule has 4 atom stereocenters. The average Bonchev–Trinajstić information content (AvgIpc) is 2.47. The van der Waals surface area contributed by atoms with Crippen molar-refractivity contribution < 1.29 is 4.74 Å². The zero-order valence-corrected chi connectivity index (χ0v) is 11.7. The van der Waals surface area contributed by atoms with Crippen molar-refractivity contribution in [1.29, 1.82) is 0 Å². The first kappa shape index (κ1) is 12.9. The van der Waals surface area contributed by atoms with Crippen molar-refractivity contribution in [3.05, 3.63) is 0 Å². The third-order valence-corrected chi connectivity index (χ3v) is 5.30. The maximum Gasteiger partial charge on any atom is 0.0731 e. The average molecular weight is 252 g/mol. The van der Waals surface area contributed by atoms with E-state index in [9.17, 15) is 0 Å². The van der Waals surface area contributed by atoms with Crippen molar-refractivity contribution in [1.82, 2.24) is 10.2 Å². The van der Waals surface area contributed by atoms with E-state index in [1.54, 1.807) is 0 Å². The standard InChI is InChI=1S/C15H28N2O/c1-16-12-5-4-6-13(11-12)17-9-10-18-15-8-3-2-7-14(15)17/h12-16H,2-11H2,1H3. The van der Waals surface area contributed by atoms with Gasteiger partial charge in [-0.1, -0.05) is 19.3 Å². The lowest BCUT2D eigenvalue weighted by Gasteiger charge is -2.49. The first-order chi connectivity index (χ1) is 8.88. The minimum atomic E-state index is 0.544. The van der Waals surface area contributed by atoms with Gasteiger partial charge in [0.2, 0.25) is 0 Å². The van der Waals surface area contributed by atoms with Gasteiger partial charge in [0, 0.05) is 24.7 Å². The molecule has 2 aliphatic carbocycles. The van der Waals surface area contributed by atoms with E-state index < -0.39 is 0 Å². The molecule has 0 amide bonds. The topological polar surface area (TPSA) is 24.5 Å². The second kappa shape index (κ2) is 5.89. The fourth-order valence-electron chi connectivity index (χ4n) is 4.31. The van der Waals surface area contributed by atoms with E-state index in [1.807, 2.05) is 0 Å². The number of morpholine rings is 1. The fraction of sp³-hybridized carbons (Fsp3) is 1.00. The highest BCUT2D eigenvalue weighted by Crippen LogP contribution is 2.33. The molecule has 1 aliphatic heterocycles. The summed E-state index contributed by atoms with van der Waals surface area (Å²) < 4.78 is 6.00. The highest BCUT2D eigenvalue weighted by molar-refractivity contribution is 4.93. The highest BCUT2D eigenvalue weighted by Gasteiger charge is 2.38. The van der Waals surface area contributed by atoms with Crippen molar-refractivity contribution in [2.75, 3.05) is 20.2 Å². The minimum Gasteiger partial charge on any atom is -0.375 e. The highest BCUT2D eigenvalue weighted by atomic mass is 16.5. The molecule has 0 spiro atoms. The summed E-state index contributed by atoms with van der Waals surface area (Å²) in [6.45, 7) is 2.13. The molecule has 2 saturated carbocycles. The SMILES string of the molecule is CNC1CCCC(N2CCOC3CCCCC32)C1. The zero-order chi connectivity index (χ0) is 12.4. The first-order valence-corrected chi connectivity index (χ1v) is 7.93. The van der Waals surface area contributed by atoms with Crippen LogP contribution in [0.4, 0.5) is 0 Å². The summed E-state index contributed by atoms with van der Waals surface area (Å²) in [4.78, 5) is 2.82. The lowest BCUT2D eigenvalue weighted by molar-refractivity contribution is -0.107. The lowest BCUT2D eigenvalue weighted by atomic mass is 9.84. The summed E-state index contributed by atoms with van der Waals surface area (Å²) in [6, 6.07) is 2.28. The molecule has 3 heteroatoms.